The van der Waals surface area contributed by atoms with Gasteiger partial charge >= 0.3 is 0 Å². The predicted octanol–water partition coefficient (Wildman–Crippen LogP) is 5.20. The van der Waals surface area contributed by atoms with Crippen molar-refractivity contribution in [1.82, 2.24) is 0 Å². The Morgan fingerprint density at radius 1 is 0.524 bits per heavy atom. The molecule has 0 saturated carbocycles. The van der Waals surface area contributed by atoms with E-state index in [0.29, 0.717) is 10.8 Å². The van der Waals surface area contributed by atoms with E-state index in [-0.39, 0.29) is 5.56 Å². The molecule has 0 aliphatic carbocycles. The summed E-state index contributed by atoms with van der Waals surface area (Å²) < 4.78 is 67.5. The third-order valence-corrected chi connectivity index (χ3v) is 3.27. The minimum absolute atomic E-state index is 0.0408. The molecule has 0 heterocycles. The number of rotatable bonds is 1. The Bertz CT molecular complexity index is 820. The molecule has 0 saturated heterocycles. The summed E-state index contributed by atoms with van der Waals surface area (Å²) in [5.74, 6) is -9.71. The summed E-state index contributed by atoms with van der Waals surface area (Å²) in [7, 11) is 0. The van der Waals surface area contributed by atoms with Crippen molar-refractivity contribution in [3.8, 4) is 11.1 Å². The van der Waals surface area contributed by atoms with Crippen LogP contribution in [0.25, 0.3) is 21.9 Å². The van der Waals surface area contributed by atoms with Gasteiger partial charge in [0.15, 0.2) is 23.3 Å². The minimum atomic E-state index is -2.16. The normalized spacial score (nSPS) is 11.1. The zero-order chi connectivity index (χ0) is 15.1. The van der Waals surface area contributed by atoms with Crippen LogP contribution >= 0.6 is 0 Å². The number of benzene rings is 3. The van der Waals surface area contributed by atoms with Crippen LogP contribution in [-0.2, 0) is 0 Å². The lowest BCUT2D eigenvalue weighted by Gasteiger charge is -2.11. The quantitative estimate of drug-likeness (QED) is 0.328. The van der Waals surface area contributed by atoms with E-state index in [0.717, 1.165) is 0 Å². The van der Waals surface area contributed by atoms with Crippen LogP contribution in [-0.4, -0.2) is 0 Å². The second-order valence-corrected chi connectivity index (χ2v) is 4.47. The van der Waals surface area contributed by atoms with E-state index in [4.69, 9.17) is 0 Å². The van der Waals surface area contributed by atoms with Crippen molar-refractivity contribution in [1.29, 1.82) is 0 Å². The SMILES string of the molecule is Fc1c(F)c(F)c(-c2cccc3ccccc23)c(F)c1F. The molecule has 0 aliphatic rings. The first-order valence-electron chi connectivity index (χ1n) is 6.02. The molecule has 0 unspecified atom stereocenters. The first-order chi connectivity index (χ1) is 10.0. The van der Waals surface area contributed by atoms with E-state index in [1.165, 1.54) is 12.1 Å². The van der Waals surface area contributed by atoms with Crippen LogP contribution in [0.2, 0.25) is 0 Å². The fourth-order valence-corrected chi connectivity index (χ4v) is 2.28. The monoisotopic (exact) mass is 294 g/mol. The Hall–Kier alpha value is -2.43. The van der Waals surface area contributed by atoms with Gasteiger partial charge < -0.3 is 0 Å². The maximum Gasteiger partial charge on any atom is 0.200 e. The van der Waals surface area contributed by atoms with Gasteiger partial charge in [0.25, 0.3) is 0 Å². The summed E-state index contributed by atoms with van der Waals surface area (Å²) in [5.41, 5.74) is -0.955. The molecule has 0 atom stereocenters. The second-order valence-electron chi connectivity index (χ2n) is 4.47. The zero-order valence-corrected chi connectivity index (χ0v) is 10.4. The molecule has 0 fully saturated rings. The highest BCUT2D eigenvalue weighted by atomic mass is 19.2. The Morgan fingerprint density at radius 2 is 1.05 bits per heavy atom. The molecule has 0 aliphatic heterocycles. The Morgan fingerprint density at radius 3 is 1.71 bits per heavy atom. The Kier molecular flexibility index (Phi) is 3.12. The Balaban J connectivity index is 2.44. The zero-order valence-electron chi connectivity index (χ0n) is 10.4. The lowest BCUT2D eigenvalue weighted by Crippen LogP contribution is -2.04. The molecule has 3 aromatic rings. The van der Waals surface area contributed by atoms with Crippen LogP contribution in [0.3, 0.4) is 0 Å². The van der Waals surface area contributed by atoms with Crippen molar-refractivity contribution in [3.63, 3.8) is 0 Å². The van der Waals surface area contributed by atoms with E-state index < -0.39 is 34.6 Å². The van der Waals surface area contributed by atoms with Crippen LogP contribution in [0, 0.1) is 29.1 Å². The first-order valence-corrected chi connectivity index (χ1v) is 6.02. The van der Waals surface area contributed by atoms with Crippen LogP contribution in [0.15, 0.2) is 42.5 Å². The summed E-state index contributed by atoms with van der Waals surface area (Å²) in [6.07, 6.45) is 0. The van der Waals surface area contributed by atoms with Crippen LogP contribution in [0.1, 0.15) is 0 Å². The minimum Gasteiger partial charge on any atom is -0.203 e. The molecule has 0 aromatic heterocycles. The third-order valence-electron chi connectivity index (χ3n) is 3.27. The maximum atomic E-state index is 13.9. The summed E-state index contributed by atoms with van der Waals surface area (Å²) in [6.45, 7) is 0. The standard InChI is InChI=1S/C16H7F5/c17-12-11(13(18)15(20)16(21)14(12)19)10-7-3-5-8-4-1-2-6-9(8)10/h1-7H. The van der Waals surface area contributed by atoms with Crippen molar-refractivity contribution >= 4 is 10.8 Å². The van der Waals surface area contributed by atoms with Gasteiger partial charge in [0.05, 0.1) is 5.56 Å². The van der Waals surface area contributed by atoms with E-state index >= 15 is 0 Å². The summed E-state index contributed by atoms with van der Waals surface area (Å²) in [5, 5.41) is 1.04. The molecule has 0 N–H and O–H groups in total. The average Bonchev–Trinajstić information content (AvgIpc) is 2.51. The van der Waals surface area contributed by atoms with E-state index in [2.05, 4.69) is 0 Å². The molecule has 0 spiro atoms. The summed E-state index contributed by atoms with van der Waals surface area (Å²) >= 11 is 0. The van der Waals surface area contributed by atoms with Gasteiger partial charge in [0.2, 0.25) is 5.82 Å². The van der Waals surface area contributed by atoms with Gasteiger partial charge in [-0.25, -0.2) is 22.0 Å². The number of hydrogen-bond donors (Lipinski definition) is 0. The third kappa shape index (κ3) is 1.96. The molecular formula is C16H7F5. The van der Waals surface area contributed by atoms with Gasteiger partial charge in [-0.15, -0.1) is 0 Å². The fraction of sp³-hybridized carbons (Fsp3) is 0. The number of hydrogen-bond acceptors (Lipinski definition) is 0. The summed E-state index contributed by atoms with van der Waals surface area (Å²) in [4.78, 5) is 0. The number of halogens is 5. The van der Waals surface area contributed by atoms with Gasteiger partial charge in [-0.3, -0.25) is 0 Å². The summed E-state index contributed by atoms with van der Waals surface area (Å²) in [6, 6.07) is 11.1. The smallest absolute Gasteiger partial charge is 0.200 e. The van der Waals surface area contributed by atoms with E-state index in [1.54, 1.807) is 30.3 Å². The molecule has 3 aromatic carbocycles. The molecule has 0 bridgehead atoms. The Labute approximate surface area is 116 Å². The van der Waals surface area contributed by atoms with Gasteiger partial charge in [-0.1, -0.05) is 42.5 Å². The van der Waals surface area contributed by atoms with Gasteiger partial charge in [-0.05, 0) is 16.3 Å². The average molecular weight is 294 g/mol. The highest BCUT2D eigenvalue weighted by Gasteiger charge is 2.27. The predicted molar refractivity (Wildman–Crippen MR) is 69.2 cm³/mol. The highest BCUT2D eigenvalue weighted by Crippen LogP contribution is 2.35. The lowest BCUT2D eigenvalue weighted by molar-refractivity contribution is 0.381. The molecule has 21 heavy (non-hydrogen) atoms. The molecular weight excluding hydrogens is 287 g/mol. The molecule has 106 valence electrons. The van der Waals surface area contributed by atoms with E-state index in [1.807, 2.05) is 0 Å². The van der Waals surface area contributed by atoms with Crippen molar-refractivity contribution < 1.29 is 22.0 Å². The van der Waals surface area contributed by atoms with Crippen molar-refractivity contribution in [2.75, 3.05) is 0 Å². The van der Waals surface area contributed by atoms with Crippen LogP contribution in [0.5, 0.6) is 0 Å². The number of fused-ring (bicyclic) bond motifs is 1. The van der Waals surface area contributed by atoms with Crippen LogP contribution < -0.4 is 0 Å². The molecule has 0 radical (unpaired) electrons. The van der Waals surface area contributed by atoms with Crippen molar-refractivity contribution in [2.24, 2.45) is 0 Å². The molecule has 0 nitrogen and oxygen atoms in total. The second kappa shape index (κ2) is 4.84. The van der Waals surface area contributed by atoms with Gasteiger partial charge in [-0.2, -0.15) is 0 Å². The van der Waals surface area contributed by atoms with Crippen molar-refractivity contribution in [2.45, 2.75) is 0 Å². The van der Waals surface area contributed by atoms with Crippen LogP contribution in [0.4, 0.5) is 22.0 Å². The van der Waals surface area contributed by atoms with E-state index in [9.17, 15) is 22.0 Å². The highest BCUT2D eigenvalue weighted by molar-refractivity contribution is 5.96. The van der Waals surface area contributed by atoms with Gasteiger partial charge in [0.1, 0.15) is 0 Å². The first kappa shape index (κ1) is 13.5. The molecule has 5 heteroatoms. The topological polar surface area (TPSA) is 0 Å². The maximum absolute atomic E-state index is 13.9. The lowest BCUT2D eigenvalue weighted by atomic mass is 9.97. The largest absolute Gasteiger partial charge is 0.203 e. The van der Waals surface area contributed by atoms with Crippen molar-refractivity contribution in [3.05, 3.63) is 71.6 Å². The fourth-order valence-electron chi connectivity index (χ4n) is 2.28. The molecule has 0 amide bonds. The van der Waals surface area contributed by atoms with Gasteiger partial charge in [0, 0.05) is 0 Å². The molecule has 3 rings (SSSR count).